The zero-order valence-electron chi connectivity index (χ0n) is 11.8. The van der Waals surface area contributed by atoms with E-state index in [9.17, 15) is 9.50 Å². The molecule has 1 N–H and O–H groups in total. The van der Waals surface area contributed by atoms with E-state index in [1.165, 1.54) is 6.07 Å². The van der Waals surface area contributed by atoms with E-state index in [0.29, 0.717) is 23.5 Å². The van der Waals surface area contributed by atoms with E-state index in [1.807, 2.05) is 6.07 Å². The van der Waals surface area contributed by atoms with Crippen molar-refractivity contribution in [3.63, 3.8) is 0 Å². The van der Waals surface area contributed by atoms with Gasteiger partial charge in [0.05, 0.1) is 24.8 Å². The van der Waals surface area contributed by atoms with Crippen molar-refractivity contribution in [2.24, 2.45) is 0 Å². The lowest BCUT2D eigenvalue weighted by molar-refractivity contribution is 0.177. The van der Waals surface area contributed by atoms with Gasteiger partial charge in [0.15, 0.2) is 11.5 Å². The van der Waals surface area contributed by atoms with Crippen LogP contribution in [0.3, 0.4) is 0 Å². The summed E-state index contributed by atoms with van der Waals surface area (Å²) < 4.78 is 24.2. The monoisotopic (exact) mass is 354 g/mol. The molecule has 3 nitrogen and oxygen atoms in total. The second kappa shape index (κ2) is 6.91. The minimum atomic E-state index is -0.812. The Balaban J connectivity index is 2.23. The molecule has 2 aromatic carbocycles. The lowest BCUT2D eigenvalue weighted by Crippen LogP contribution is -2.04. The quantitative estimate of drug-likeness (QED) is 0.885. The first-order chi connectivity index (χ1) is 10.1. The van der Waals surface area contributed by atoms with E-state index >= 15 is 0 Å². The maximum atomic E-state index is 13.5. The summed E-state index contributed by atoms with van der Waals surface area (Å²) in [6.07, 6.45) is -0.462. The van der Waals surface area contributed by atoms with Gasteiger partial charge in [-0.05, 0) is 45.3 Å². The zero-order chi connectivity index (χ0) is 15.4. The van der Waals surface area contributed by atoms with Crippen LogP contribution in [-0.2, 0) is 6.42 Å². The molecule has 0 saturated heterocycles. The molecule has 0 bridgehead atoms. The molecule has 2 rings (SSSR count). The molecule has 21 heavy (non-hydrogen) atoms. The van der Waals surface area contributed by atoms with Gasteiger partial charge < -0.3 is 14.6 Å². The van der Waals surface area contributed by atoms with Crippen LogP contribution in [0.2, 0.25) is 0 Å². The topological polar surface area (TPSA) is 38.7 Å². The van der Waals surface area contributed by atoms with Crippen molar-refractivity contribution in [1.82, 2.24) is 0 Å². The smallest absolute Gasteiger partial charge is 0.160 e. The van der Waals surface area contributed by atoms with Crippen LogP contribution in [0, 0.1) is 5.82 Å². The SMILES string of the molecule is COc1ccc(CC(O)c2cccc(F)c2Br)cc1OC. The molecule has 5 heteroatoms. The normalized spacial score (nSPS) is 12.0. The van der Waals surface area contributed by atoms with Gasteiger partial charge in [-0.3, -0.25) is 0 Å². The molecule has 0 amide bonds. The predicted octanol–water partition coefficient (Wildman–Crippen LogP) is 3.88. The van der Waals surface area contributed by atoms with E-state index in [2.05, 4.69) is 15.9 Å². The van der Waals surface area contributed by atoms with Crippen LogP contribution in [0.15, 0.2) is 40.9 Å². The lowest BCUT2D eigenvalue weighted by Gasteiger charge is -2.15. The Morgan fingerprint density at radius 1 is 1.14 bits per heavy atom. The summed E-state index contributed by atoms with van der Waals surface area (Å²) in [6, 6.07) is 10.0. The maximum Gasteiger partial charge on any atom is 0.160 e. The van der Waals surface area contributed by atoms with Crippen molar-refractivity contribution in [3.8, 4) is 11.5 Å². The molecule has 1 unspecified atom stereocenters. The Morgan fingerprint density at radius 3 is 2.52 bits per heavy atom. The van der Waals surface area contributed by atoms with E-state index in [1.54, 1.807) is 38.5 Å². The summed E-state index contributed by atoms with van der Waals surface area (Å²) >= 11 is 3.17. The maximum absolute atomic E-state index is 13.5. The van der Waals surface area contributed by atoms with Gasteiger partial charge in [0, 0.05) is 6.42 Å². The highest BCUT2D eigenvalue weighted by atomic mass is 79.9. The Kier molecular flexibility index (Phi) is 5.20. The van der Waals surface area contributed by atoms with Gasteiger partial charge in [0.2, 0.25) is 0 Å². The molecule has 0 aliphatic carbocycles. The Morgan fingerprint density at radius 2 is 1.86 bits per heavy atom. The van der Waals surface area contributed by atoms with Gasteiger partial charge in [-0.1, -0.05) is 18.2 Å². The predicted molar refractivity (Wildman–Crippen MR) is 82.3 cm³/mol. The summed E-state index contributed by atoms with van der Waals surface area (Å²) in [4.78, 5) is 0. The summed E-state index contributed by atoms with van der Waals surface area (Å²) in [7, 11) is 3.12. The van der Waals surface area contributed by atoms with Crippen molar-refractivity contribution in [1.29, 1.82) is 0 Å². The zero-order valence-corrected chi connectivity index (χ0v) is 13.4. The third kappa shape index (κ3) is 3.54. The Bertz CT molecular complexity index is 631. The summed E-state index contributed by atoms with van der Waals surface area (Å²) in [5, 5.41) is 10.3. The standard InChI is InChI=1S/C16H16BrFO3/c1-20-14-7-6-10(9-15(14)21-2)8-13(19)11-4-3-5-12(18)16(11)17/h3-7,9,13,19H,8H2,1-2H3. The van der Waals surface area contributed by atoms with E-state index in [0.717, 1.165) is 5.56 Å². The van der Waals surface area contributed by atoms with Crippen LogP contribution in [0.1, 0.15) is 17.2 Å². The fourth-order valence-corrected chi connectivity index (χ4v) is 2.65. The Labute approximate surface area is 131 Å². The van der Waals surface area contributed by atoms with Gasteiger partial charge >= 0.3 is 0 Å². The van der Waals surface area contributed by atoms with Crippen LogP contribution >= 0.6 is 15.9 Å². The first-order valence-corrected chi connectivity index (χ1v) is 7.19. The van der Waals surface area contributed by atoms with E-state index < -0.39 is 6.10 Å². The molecule has 0 radical (unpaired) electrons. The van der Waals surface area contributed by atoms with Gasteiger partial charge in [-0.2, -0.15) is 0 Å². The largest absolute Gasteiger partial charge is 0.493 e. The number of benzene rings is 2. The van der Waals surface area contributed by atoms with Crippen molar-refractivity contribution < 1.29 is 19.0 Å². The van der Waals surface area contributed by atoms with Crippen LogP contribution in [-0.4, -0.2) is 19.3 Å². The number of hydrogen-bond acceptors (Lipinski definition) is 3. The fourth-order valence-electron chi connectivity index (χ4n) is 2.12. The first kappa shape index (κ1) is 15.8. The van der Waals surface area contributed by atoms with Crippen LogP contribution in [0.4, 0.5) is 4.39 Å². The molecule has 0 heterocycles. The summed E-state index contributed by atoms with van der Waals surface area (Å²) in [5.41, 5.74) is 1.39. The number of aliphatic hydroxyl groups excluding tert-OH is 1. The number of ether oxygens (including phenoxy) is 2. The molecule has 1 atom stereocenters. The third-order valence-electron chi connectivity index (χ3n) is 3.22. The van der Waals surface area contributed by atoms with Gasteiger partial charge in [0.25, 0.3) is 0 Å². The second-order valence-corrected chi connectivity index (χ2v) is 5.35. The fraction of sp³-hybridized carbons (Fsp3) is 0.250. The van der Waals surface area contributed by atoms with Crippen LogP contribution in [0.25, 0.3) is 0 Å². The molecule has 112 valence electrons. The van der Waals surface area contributed by atoms with Crippen molar-refractivity contribution in [3.05, 3.63) is 57.8 Å². The number of halogens is 2. The molecule has 0 aliphatic rings. The minimum Gasteiger partial charge on any atom is -0.493 e. The summed E-state index contributed by atoms with van der Waals surface area (Å²) in [5.74, 6) is 0.835. The number of methoxy groups -OCH3 is 2. The lowest BCUT2D eigenvalue weighted by atomic mass is 10.0. The van der Waals surface area contributed by atoms with Gasteiger partial charge in [-0.25, -0.2) is 4.39 Å². The summed E-state index contributed by atoms with van der Waals surface area (Å²) in [6.45, 7) is 0. The Hall–Kier alpha value is -1.59. The molecule has 0 aliphatic heterocycles. The molecule has 0 fully saturated rings. The number of aliphatic hydroxyl groups is 1. The first-order valence-electron chi connectivity index (χ1n) is 6.39. The molecule has 0 saturated carbocycles. The molecule has 2 aromatic rings. The molecular weight excluding hydrogens is 339 g/mol. The highest BCUT2D eigenvalue weighted by molar-refractivity contribution is 9.10. The number of rotatable bonds is 5. The van der Waals surface area contributed by atoms with E-state index in [4.69, 9.17) is 9.47 Å². The van der Waals surface area contributed by atoms with Crippen LogP contribution in [0.5, 0.6) is 11.5 Å². The second-order valence-electron chi connectivity index (χ2n) is 4.55. The average molecular weight is 355 g/mol. The van der Waals surface area contributed by atoms with Crippen molar-refractivity contribution in [2.75, 3.05) is 14.2 Å². The average Bonchev–Trinajstić information content (AvgIpc) is 2.49. The highest BCUT2D eigenvalue weighted by Crippen LogP contribution is 2.32. The minimum absolute atomic E-state index is 0.290. The number of hydrogen-bond donors (Lipinski definition) is 1. The molecule has 0 aromatic heterocycles. The third-order valence-corrected chi connectivity index (χ3v) is 4.05. The van der Waals surface area contributed by atoms with Crippen molar-refractivity contribution in [2.45, 2.75) is 12.5 Å². The van der Waals surface area contributed by atoms with E-state index in [-0.39, 0.29) is 10.3 Å². The highest BCUT2D eigenvalue weighted by Gasteiger charge is 2.15. The van der Waals surface area contributed by atoms with Gasteiger partial charge in [0.1, 0.15) is 5.82 Å². The van der Waals surface area contributed by atoms with Gasteiger partial charge in [-0.15, -0.1) is 0 Å². The molecular formula is C16H16BrFO3. The van der Waals surface area contributed by atoms with Crippen molar-refractivity contribution >= 4 is 15.9 Å². The van der Waals surface area contributed by atoms with Crippen LogP contribution < -0.4 is 9.47 Å². The molecule has 0 spiro atoms.